The predicted octanol–water partition coefficient (Wildman–Crippen LogP) is 1.92. The molecule has 0 radical (unpaired) electrons. The minimum Gasteiger partial charge on any atom is -0.426 e. The molecule has 0 bridgehead atoms. The summed E-state index contributed by atoms with van der Waals surface area (Å²) in [6.45, 7) is 0. The van der Waals surface area contributed by atoms with Gasteiger partial charge in [-0.25, -0.2) is 9.55 Å². The van der Waals surface area contributed by atoms with Gasteiger partial charge in [0.25, 0.3) is 0 Å². The van der Waals surface area contributed by atoms with E-state index < -0.39 is 8.25 Å². The van der Waals surface area contributed by atoms with Crippen LogP contribution in [0.25, 0.3) is 5.69 Å². The van der Waals surface area contributed by atoms with Crippen molar-refractivity contribution < 1.29 is 14.0 Å². The van der Waals surface area contributed by atoms with Gasteiger partial charge in [-0.15, -0.1) is 12.6 Å². The van der Waals surface area contributed by atoms with Gasteiger partial charge in [-0.2, -0.15) is 0 Å². The second-order valence-corrected chi connectivity index (χ2v) is 4.10. The largest absolute Gasteiger partial charge is 0.426 e. The number of imidazole rings is 1. The van der Waals surface area contributed by atoms with Crippen LogP contribution in [0.2, 0.25) is 0 Å². The molecule has 1 N–H and O–H groups in total. The molecular formula is C9H9N2O3PS. The van der Waals surface area contributed by atoms with Crippen molar-refractivity contribution in [2.75, 3.05) is 0 Å². The van der Waals surface area contributed by atoms with Crippen LogP contribution in [0.15, 0.2) is 41.8 Å². The Hall–Kier alpha value is -1.23. The fourth-order valence-electron chi connectivity index (χ4n) is 1.27. The van der Waals surface area contributed by atoms with Crippen molar-refractivity contribution in [2.24, 2.45) is 0 Å². The maximum Gasteiger partial charge on any atom is 0.365 e. The third kappa shape index (κ3) is 2.47. The Balaban J connectivity index is 2.26. The number of hydrogen-bond acceptors (Lipinski definition) is 4. The average molecular weight is 256 g/mol. The van der Waals surface area contributed by atoms with E-state index in [0.717, 1.165) is 5.69 Å². The number of benzene rings is 1. The van der Waals surface area contributed by atoms with Crippen LogP contribution < -0.4 is 4.52 Å². The van der Waals surface area contributed by atoms with Crippen LogP contribution in [0.4, 0.5) is 0 Å². The molecule has 0 amide bonds. The van der Waals surface area contributed by atoms with Gasteiger partial charge in [-0.3, -0.25) is 4.57 Å². The van der Waals surface area contributed by atoms with E-state index in [9.17, 15) is 4.57 Å². The van der Waals surface area contributed by atoms with Gasteiger partial charge in [0.05, 0.1) is 0 Å². The Morgan fingerprint density at radius 2 is 2.06 bits per heavy atom. The van der Waals surface area contributed by atoms with Crippen LogP contribution in [0, 0.1) is 0 Å². The Morgan fingerprint density at radius 3 is 2.56 bits per heavy atom. The van der Waals surface area contributed by atoms with Gasteiger partial charge in [0.15, 0.2) is 5.16 Å². The quantitative estimate of drug-likeness (QED) is 0.650. The van der Waals surface area contributed by atoms with Gasteiger partial charge >= 0.3 is 8.25 Å². The molecule has 16 heavy (non-hydrogen) atoms. The summed E-state index contributed by atoms with van der Waals surface area (Å²) in [5.41, 5.74) is 0.854. The van der Waals surface area contributed by atoms with E-state index in [2.05, 4.69) is 22.1 Å². The molecule has 1 heterocycles. The zero-order valence-corrected chi connectivity index (χ0v) is 9.96. The van der Waals surface area contributed by atoms with Crippen molar-refractivity contribution in [2.45, 2.75) is 5.16 Å². The maximum absolute atomic E-state index is 10.5. The van der Waals surface area contributed by atoms with Gasteiger partial charge < -0.3 is 9.42 Å². The summed E-state index contributed by atoms with van der Waals surface area (Å²) in [6.07, 6.45) is 3.41. The second-order valence-electron chi connectivity index (χ2n) is 2.96. The maximum atomic E-state index is 10.5. The van der Waals surface area contributed by atoms with E-state index in [1.807, 2.05) is 0 Å². The molecule has 0 aliphatic heterocycles. The molecule has 1 unspecified atom stereocenters. The molecule has 1 aromatic carbocycles. The SMILES string of the molecule is O=[PH](O)Oc1ccc(-n2ccnc2S)cc1. The fourth-order valence-corrected chi connectivity index (χ4v) is 1.86. The highest BCUT2D eigenvalue weighted by atomic mass is 32.1. The summed E-state index contributed by atoms with van der Waals surface area (Å²) in [5, 5.41) is 0.574. The lowest BCUT2D eigenvalue weighted by Gasteiger charge is -2.05. The van der Waals surface area contributed by atoms with E-state index in [1.54, 1.807) is 41.2 Å². The molecule has 2 rings (SSSR count). The molecule has 5 nitrogen and oxygen atoms in total. The Labute approximate surface area is 98.1 Å². The van der Waals surface area contributed by atoms with Gasteiger partial charge in [0.2, 0.25) is 0 Å². The molecule has 84 valence electrons. The van der Waals surface area contributed by atoms with E-state index in [-0.39, 0.29) is 0 Å². The first kappa shape index (κ1) is 11.3. The van der Waals surface area contributed by atoms with Crippen LogP contribution in [0.3, 0.4) is 0 Å². The average Bonchev–Trinajstić information content (AvgIpc) is 2.65. The second kappa shape index (κ2) is 4.74. The minimum absolute atomic E-state index is 0.357. The molecule has 0 fully saturated rings. The topological polar surface area (TPSA) is 64.3 Å². The van der Waals surface area contributed by atoms with Gasteiger partial charge in [0, 0.05) is 18.1 Å². The Morgan fingerprint density at radius 1 is 1.38 bits per heavy atom. The van der Waals surface area contributed by atoms with Crippen molar-refractivity contribution in [3.8, 4) is 11.4 Å². The first-order valence-electron chi connectivity index (χ1n) is 4.40. The first-order chi connectivity index (χ1) is 7.66. The Bertz CT molecular complexity index is 512. The lowest BCUT2D eigenvalue weighted by Crippen LogP contribution is -1.92. The number of nitrogens with zero attached hydrogens (tertiary/aromatic N) is 2. The molecule has 0 saturated carbocycles. The lowest BCUT2D eigenvalue weighted by atomic mass is 10.3. The molecule has 2 aromatic rings. The molecule has 1 atom stereocenters. The van der Waals surface area contributed by atoms with Gasteiger partial charge in [-0.1, -0.05) is 0 Å². The van der Waals surface area contributed by atoms with Crippen LogP contribution in [-0.4, -0.2) is 14.4 Å². The van der Waals surface area contributed by atoms with Gasteiger partial charge in [0.1, 0.15) is 5.75 Å². The van der Waals surface area contributed by atoms with E-state index in [0.29, 0.717) is 10.9 Å². The predicted molar refractivity (Wildman–Crippen MR) is 62.7 cm³/mol. The van der Waals surface area contributed by atoms with Crippen LogP contribution >= 0.6 is 20.9 Å². The number of thiol groups is 1. The van der Waals surface area contributed by atoms with E-state index in [4.69, 9.17) is 4.89 Å². The highest BCUT2D eigenvalue weighted by Gasteiger charge is 2.02. The molecule has 0 saturated heterocycles. The molecular weight excluding hydrogens is 247 g/mol. The monoisotopic (exact) mass is 256 g/mol. The van der Waals surface area contributed by atoms with Crippen molar-refractivity contribution in [3.63, 3.8) is 0 Å². The normalized spacial score (nSPS) is 12.4. The zero-order chi connectivity index (χ0) is 11.5. The standard InChI is InChI=1S/C9H9N2O3PS/c12-15(13)14-8-3-1-7(2-4-8)11-6-5-10-9(11)16/h1-6,15H,(H,10,16)(H,12,13). The highest BCUT2D eigenvalue weighted by Crippen LogP contribution is 2.24. The third-order valence-electron chi connectivity index (χ3n) is 1.94. The van der Waals surface area contributed by atoms with Crippen LogP contribution in [0.1, 0.15) is 0 Å². The zero-order valence-electron chi connectivity index (χ0n) is 8.07. The van der Waals surface area contributed by atoms with Crippen molar-refractivity contribution in [1.29, 1.82) is 0 Å². The van der Waals surface area contributed by atoms with E-state index >= 15 is 0 Å². The molecule has 0 aliphatic carbocycles. The minimum atomic E-state index is -2.95. The molecule has 1 aromatic heterocycles. The summed E-state index contributed by atoms with van der Waals surface area (Å²) in [7, 11) is -2.95. The molecule has 0 spiro atoms. The Kier molecular flexibility index (Phi) is 3.33. The van der Waals surface area contributed by atoms with Crippen molar-refractivity contribution >= 4 is 20.9 Å². The number of aromatic nitrogens is 2. The summed E-state index contributed by atoms with van der Waals surface area (Å²) in [5.74, 6) is 0.357. The number of hydrogen-bond donors (Lipinski definition) is 2. The lowest BCUT2D eigenvalue weighted by molar-refractivity contribution is 0.410. The third-order valence-corrected chi connectivity index (χ3v) is 2.68. The van der Waals surface area contributed by atoms with Crippen molar-refractivity contribution in [1.82, 2.24) is 9.55 Å². The van der Waals surface area contributed by atoms with Gasteiger partial charge in [-0.05, 0) is 24.3 Å². The van der Waals surface area contributed by atoms with Crippen molar-refractivity contribution in [3.05, 3.63) is 36.7 Å². The number of rotatable bonds is 3. The van der Waals surface area contributed by atoms with E-state index in [1.165, 1.54) is 0 Å². The summed E-state index contributed by atoms with van der Waals surface area (Å²) in [6, 6.07) is 6.73. The fraction of sp³-hybridized carbons (Fsp3) is 0. The molecule has 7 heteroatoms. The summed E-state index contributed by atoms with van der Waals surface area (Å²) < 4.78 is 16.9. The van der Waals surface area contributed by atoms with Crippen LogP contribution in [0.5, 0.6) is 5.75 Å². The van der Waals surface area contributed by atoms with Crippen LogP contribution in [-0.2, 0) is 4.57 Å². The summed E-state index contributed by atoms with van der Waals surface area (Å²) in [4.78, 5) is 12.6. The smallest absolute Gasteiger partial charge is 0.365 e. The molecule has 0 aliphatic rings. The summed E-state index contributed by atoms with van der Waals surface area (Å²) >= 11 is 4.18. The highest BCUT2D eigenvalue weighted by molar-refractivity contribution is 7.80. The first-order valence-corrected chi connectivity index (χ1v) is 6.11.